The molecule has 4 atom stereocenters. The number of allylic oxidation sites excluding steroid dienone is 2. The lowest BCUT2D eigenvalue weighted by Crippen LogP contribution is -2.46. The Morgan fingerprint density at radius 2 is 1.34 bits per heavy atom. The summed E-state index contributed by atoms with van der Waals surface area (Å²) < 4.78 is 11.8. The van der Waals surface area contributed by atoms with Crippen molar-refractivity contribution in [2.75, 3.05) is 13.2 Å². The molecule has 4 aromatic carbocycles. The summed E-state index contributed by atoms with van der Waals surface area (Å²) in [6, 6.07) is 36.1. The summed E-state index contributed by atoms with van der Waals surface area (Å²) >= 11 is 0. The first-order valence-electron chi connectivity index (χ1n) is 17.3. The van der Waals surface area contributed by atoms with Gasteiger partial charge >= 0.3 is 5.97 Å². The number of carbonyl (C=O) groups excluding carboxylic acids is 3. The molecule has 0 saturated heterocycles. The van der Waals surface area contributed by atoms with Crippen LogP contribution in [0.3, 0.4) is 0 Å². The lowest BCUT2D eigenvalue weighted by molar-refractivity contribution is -0.150. The van der Waals surface area contributed by atoms with E-state index in [1.54, 1.807) is 0 Å². The zero-order valence-electron chi connectivity index (χ0n) is 28.3. The van der Waals surface area contributed by atoms with Gasteiger partial charge in [0.25, 0.3) is 0 Å². The van der Waals surface area contributed by atoms with Crippen LogP contribution >= 0.6 is 0 Å². The van der Waals surface area contributed by atoms with Crippen molar-refractivity contribution in [3.05, 3.63) is 150 Å². The highest BCUT2D eigenvalue weighted by Gasteiger charge is 2.27. The van der Waals surface area contributed by atoms with Gasteiger partial charge in [0.2, 0.25) is 11.8 Å². The van der Waals surface area contributed by atoms with E-state index in [1.807, 2.05) is 127 Å². The quantitative estimate of drug-likeness (QED) is 0.123. The van der Waals surface area contributed by atoms with E-state index in [9.17, 15) is 19.5 Å². The molecule has 0 unspecified atom stereocenters. The Balaban J connectivity index is 1.28. The summed E-state index contributed by atoms with van der Waals surface area (Å²) in [6.07, 6.45) is 5.94. The summed E-state index contributed by atoms with van der Waals surface area (Å²) in [7, 11) is 0. The molecule has 1 heterocycles. The Morgan fingerprint density at radius 1 is 0.760 bits per heavy atom. The summed E-state index contributed by atoms with van der Waals surface area (Å²) in [6.45, 7) is 0.228. The van der Waals surface area contributed by atoms with E-state index in [0.717, 1.165) is 28.0 Å². The van der Waals surface area contributed by atoms with E-state index in [1.165, 1.54) is 0 Å². The van der Waals surface area contributed by atoms with Crippen LogP contribution in [0.25, 0.3) is 0 Å². The van der Waals surface area contributed by atoms with Crippen LogP contribution in [0.2, 0.25) is 0 Å². The molecule has 5 rings (SSSR count). The number of carbonyl (C=O) groups is 3. The molecule has 50 heavy (non-hydrogen) atoms. The average Bonchev–Trinajstić information content (AvgIpc) is 3.14. The van der Waals surface area contributed by atoms with Gasteiger partial charge in [-0.25, -0.2) is 0 Å². The van der Waals surface area contributed by atoms with E-state index in [4.69, 9.17) is 9.47 Å². The minimum atomic E-state index is -0.652. The Bertz CT molecular complexity index is 1660. The van der Waals surface area contributed by atoms with Gasteiger partial charge in [-0.15, -0.1) is 0 Å². The van der Waals surface area contributed by atoms with Crippen molar-refractivity contribution in [2.24, 2.45) is 11.8 Å². The minimum absolute atomic E-state index is 0.00554. The van der Waals surface area contributed by atoms with Crippen LogP contribution < -0.4 is 15.4 Å². The molecule has 0 bridgehead atoms. The summed E-state index contributed by atoms with van der Waals surface area (Å²) in [5.74, 6) is -1.23. The fraction of sp³-hybridized carbons (Fsp3) is 0.310. The highest BCUT2D eigenvalue weighted by molar-refractivity contribution is 5.86. The van der Waals surface area contributed by atoms with Gasteiger partial charge in [0.15, 0.2) is 0 Å². The Morgan fingerprint density at radius 3 is 1.98 bits per heavy atom. The Kier molecular flexibility index (Phi) is 13.8. The van der Waals surface area contributed by atoms with Crippen molar-refractivity contribution < 1.29 is 29.0 Å². The van der Waals surface area contributed by atoms with Gasteiger partial charge in [0.05, 0.1) is 30.5 Å². The van der Waals surface area contributed by atoms with Crippen molar-refractivity contribution in [3.63, 3.8) is 0 Å². The maximum absolute atomic E-state index is 13.7. The second-order valence-corrected chi connectivity index (χ2v) is 12.8. The standard InChI is InChI=1S/C42H46N2O6/c45-28-37(25-32-14-6-2-7-15-32)43-40(46)27-35-18-10-11-19-36(24-31-12-4-1-5-13-31)42(48)50-30-38(44-41(35)47)26-33-20-22-39(23-21-33)49-29-34-16-8-3-9-17-34/h1-17,20-23,35-38,45H,18-19,24-30H2,(H,43,46)(H,44,47)/t35-,36-,37+,38+/m1/s1. The number of cyclic esters (lactones) is 1. The summed E-state index contributed by atoms with van der Waals surface area (Å²) in [5, 5.41) is 16.0. The highest BCUT2D eigenvalue weighted by atomic mass is 16.5. The Hall–Kier alpha value is -5.21. The SMILES string of the molecule is O=C(C[C@H]1CC=CC[C@H](Cc2ccccc2)C(=O)OC[C@H](Cc2ccc(OCc3ccccc3)cc2)NC1=O)N[C@H](CO)Cc1ccccc1. The number of ether oxygens (including phenoxy) is 2. The predicted molar refractivity (Wildman–Crippen MR) is 193 cm³/mol. The molecule has 260 valence electrons. The van der Waals surface area contributed by atoms with E-state index in [2.05, 4.69) is 10.6 Å². The molecule has 8 nitrogen and oxygen atoms in total. The van der Waals surface area contributed by atoms with Crippen LogP contribution in [-0.2, 0) is 45.0 Å². The third-order valence-corrected chi connectivity index (χ3v) is 8.81. The summed E-state index contributed by atoms with van der Waals surface area (Å²) in [5.41, 5.74) is 4.04. The lowest BCUT2D eigenvalue weighted by atomic mass is 9.94. The zero-order chi connectivity index (χ0) is 35.0. The van der Waals surface area contributed by atoms with Gasteiger partial charge in [-0.1, -0.05) is 115 Å². The van der Waals surface area contributed by atoms with Crippen molar-refractivity contribution in [1.29, 1.82) is 0 Å². The second kappa shape index (κ2) is 19.1. The Labute approximate surface area is 294 Å². The molecule has 2 amide bonds. The molecular formula is C42H46N2O6. The molecule has 0 aliphatic carbocycles. The number of rotatable bonds is 13. The van der Waals surface area contributed by atoms with E-state index >= 15 is 0 Å². The number of benzene rings is 4. The summed E-state index contributed by atoms with van der Waals surface area (Å²) in [4.78, 5) is 40.3. The van der Waals surface area contributed by atoms with E-state index in [0.29, 0.717) is 38.7 Å². The highest BCUT2D eigenvalue weighted by Crippen LogP contribution is 2.20. The van der Waals surface area contributed by atoms with E-state index < -0.39 is 23.9 Å². The third kappa shape index (κ3) is 11.7. The number of aliphatic hydroxyl groups excluding tert-OH is 1. The normalized spacial score (nSPS) is 18.9. The molecule has 0 fully saturated rings. The van der Waals surface area contributed by atoms with Crippen LogP contribution in [0, 0.1) is 11.8 Å². The number of amides is 2. The number of esters is 1. The molecule has 4 aromatic rings. The second-order valence-electron chi connectivity index (χ2n) is 12.8. The van der Waals surface area contributed by atoms with Gasteiger partial charge in [0, 0.05) is 6.42 Å². The number of hydrogen-bond donors (Lipinski definition) is 3. The number of aliphatic hydroxyl groups is 1. The minimum Gasteiger partial charge on any atom is -0.489 e. The third-order valence-electron chi connectivity index (χ3n) is 8.81. The van der Waals surface area contributed by atoms with Crippen molar-refractivity contribution in [3.8, 4) is 5.75 Å². The van der Waals surface area contributed by atoms with Crippen molar-refractivity contribution in [1.82, 2.24) is 10.6 Å². The molecule has 0 spiro atoms. The van der Waals surface area contributed by atoms with Gasteiger partial charge in [-0.2, -0.15) is 0 Å². The van der Waals surface area contributed by atoms with Gasteiger partial charge in [-0.05, 0) is 66.5 Å². The van der Waals surface area contributed by atoms with Crippen LogP contribution in [-0.4, -0.2) is 48.2 Å². The smallest absolute Gasteiger partial charge is 0.309 e. The number of hydrogen-bond acceptors (Lipinski definition) is 6. The molecule has 0 radical (unpaired) electrons. The topological polar surface area (TPSA) is 114 Å². The predicted octanol–water partition coefficient (Wildman–Crippen LogP) is 5.77. The number of nitrogens with one attached hydrogen (secondary N) is 2. The van der Waals surface area contributed by atoms with Crippen molar-refractivity contribution in [2.45, 2.75) is 57.2 Å². The van der Waals surface area contributed by atoms with Gasteiger partial charge in [0.1, 0.15) is 19.0 Å². The van der Waals surface area contributed by atoms with E-state index in [-0.39, 0.29) is 37.4 Å². The molecule has 0 aromatic heterocycles. The lowest BCUT2D eigenvalue weighted by Gasteiger charge is -2.25. The first-order valence-corrected chi connectivity index (χ1v) is 17.3. The fourth-order valence-corrected chi connectivity index (χ4v) is 6.05. The monoisotopic (exact) mass is 674 g/mol. The molecule has 3 N–H and O–H groups in total. The van der Waals surface area contributed by atoms with Crippen molar-refractivity contribution >= 4 is 17.8 Å². The zero-order valence-corrected chi connectivity index (χ0v) is 28.3. The molecule has 1 aliphatic rings. The molecule has 0 saturated carbocycles. The molecule has 8 heteroatoms. The molecule has 1 aliphatic heterocycles. The average molecular weight is 675 g/mol. The van der Waals surface area contributed by atoms with Crippen LogP contribution in [0.5, 0.6) is 5.75 Å². The maximum atomic E-state index is 13.7. The van der Waals surface area contributed by atoms with Crippen LogP contribution in [0.1, 0.15) is 41.5 Å². The fourth-order valence-electron chi connectivity index (χ4n) is 6.05. The van der Waals surface area contributed by atoms with Crippen LogP contribution in [0.15, 0.2) is 127 Å². The van der Waals surface area contributed by atoms with Gasteiger partial charge < -0.3 is 25.2 Å². The maximum Gasteiger partial charge on any atom is 0.309 e. The largest absolute Gasteiger partial charge is 0.489 e. The molecular weight excluding hydrogens is 628 g/mol. The van der Waals surface area contributed by atoms with Crippen LogP contribution in [0.4, 0.5) is 0 Å². The first-order chi connectivity index (χ1) is 24.4. The van der Waals surface area contributed by atoms with Gasteiger partial charge in [-0.3, -0.25) is 14.4 Å². The first kappa shape index (κ1) is 36.1.